The molecule has 1 aromatic carbocycles. The number of fused-ring (bicyclic) bond motifs is 3. The molecule has 3 rings (SSSR count). The van der Waals surface area contributed by atoms with Gasteiger partial charge in [-0.15, -0.1) is 0 Å². The van der Waals surface area contributed by atoms with Crippen LogP contribution in [0.4, 0.5) is 5.69 Å². The van der Waals surface area contributed by atoms with Crippen LogP contribution in [0.1, 0.15) is 38.2 Å². The van der Waals surface area contributed by atoms with Gasteiger partial charge in [0.05, 0.1) is 12.0 Å². The number of allylic oxidation sites excluding steroid dienone is 2. The van der Waals surface area contributed by atoms with Crippen LogP contribution in [0.5, 0.6) is 0 Å². The first-order valence-corrected chi connectivity index (χ1v) is 7.14. The summed E-state index contributed by atoms with van der Waals surface area (Å²) in [6.07, 6.45) is 1.53. The van der Waals surface area contributed by atoms with Gasteiger partial charge in [0, 0.05) is 18.7 Å². The Morgan fingerprint density at radius 3 is 2.70 bits per heavy atom. The van der Waals surface area contributed by atoms with E-state index in [1.807, 2.05) is 25.2 Å². The summed E-state index contributed by atoms with van der Waals surface area (Å²) in [6, 6.07) is 8.08. The first-order chi connectivity index (χ1) is 9.51. The minimum Gasteiger partial charge on any atom is -0.395 e. The van der Waals surface area contributed by atoms with E-state index in [2.05, 4.69) is 19.9 Å². The van der Waals surface area contributed by atoms with Crippen LogP contribution in [-0.2, 0) is 4.79 Å². The minimum atomic E-state index is -0.674. The van der Waals surface area contributed by atoms with Crippen LogP contribution in [0, 0.1) is 5.41 Å². The van der Waals surface area contributed by atoms with Crippen molar-refractivity contribution in [2.45, 2.75) is 32.6 Å². The average Bonchev–Trinajstić information content (AvgIpc) is 2.47. The van der Waals surface area contributed by atoms with Crippen molar-refractivity contribution in [2.75, 3.05) is 18.6 Å². The molecule has 0 fully saturated rings. The number of aliphatic hydroxyl groups excluding tert-OH is 1. The van der Waals surface area contributed by atoms with Crippen molar-refractivity contribution in [3.05, 3.63) is 41.0 Å². The third-order valence-electron chi connectivity index (χ3n) is 5.17. The molecule has 1 heterocycles. The van der Waals surface area contributed by atoms with Crippen LogP contribution in [-0.4, -0.2) is 24.7 Å². The molecule has 0 unspecified atom stereocenters. The van der Waals surface area contributed by atoms with Crippen LogP contribution in [0.2, 0.25) is 0 Å². The number of carbonyl (C=O) groups excluding carboxylic acids is 1. The zero-order valence-electron chi connectivity index (χ0n) is 12.3. The molecule has 0 bridgehead atoms. The van der Waals surface area contributed by atoms with E-state index in [0.717, 1.165) is 12.1 Å². The molecule has 0 radical (unpaired) electrons. The predicted molar refractivity (Wildman–Crippen MR) is 79.7 cm³/mol. The highest BCUT2D eigenvalue weighted by Crippen LogP contribution is 2.54. The van der Waals surface area contributed by atoms with Gasteiger partial charge in [0.1, 0.15) is 0 Å². The number of carbonyl (C=O) groups is 1. The lowest BCUT2D eigenvalue weighted by molar-refractivity contribution is -0.133. The lowest BCUT2D eigenvalue weighted by Gasteiger charge is -2.49. The standard InChI is InChI=1S/C17H21NO2/c1-11-8-14-13-6-4-5-7-15(13)18(3)16(20)17(14,10-19)9-12(11)2/h4-7,14,19H,8-10H2,1-3H3/t14-,17+/m0/s1. The van der Waals surface area contributed by atoms with Crippen molar-refractivity contribution in [3.63, 3.8) is 0 Å². The molecule has 1 N–H and O–H groups in total. The van der Waals surface area contributed by atoms with Gasteiger partial charge >= 0.3 is 0 Å². The Hall–Kier alpha value is -1.61. The monoisotopic (exact) mass is 271 g/mol. The second-order valence-corrected chi connectivity index (χ2v) is 6.23. The molecule has 0 saturated carbocycles. The summed E-state index contributed by atoms with van der Waals surface area (Å²) in [5.41, 5.74) is 4.10. The summed E-state index contributed by atoms with van der Waals surface area (Å²) < 4.78 is 0. The van der Waals surface area contributed by atoms with Crippen LogP contribution >= 0.6 is 0 Å². The summed E-state index contributed by atoms with van der Waals surface area (Å²) in [7, 11) is 1.81. The molecule has 3 nitrogen and oxygen atoms in total. The van der Waals surface area contributed by atoms with Crippen LogP contribution in [0.15, 0.2) is 35.4 Å². The Balaban J connectivity index is 2.23. The number of aliphatic hydroxyl groups is 1. The number of nitrogens with zero attached hydrogens (tertiary/aromatic N) is 1. The number of para-hydroxylation sites is 1. The number of hydrogen-bond acceptors (Lipinski definition) is 2. The Bertz CT molecular complexity index is 605. The van der Waals surface area contributed by atoms with E-state index < -0.39 is 5.41 Å². The Labute approximate surface area is 119 Å². The number of hydrogen-bond donors (Lipinski definition) is 1. The van der Waals surface area contributed by atoms with Crippen molar-refractivity contribution >= 4 is 11.6 Å². The van der Waals surface area contributed by atoms with E-state index in [1.54, 1.807) is 4.90 Å². The molecule has 106 valence electrons. The predicted octanol–water partition coefficient (Wildman–Crippen LogP) is 2.86. The van der Waals surface area contributed by atoms with Gasteiger partial charge in [-0.25, -0.2) is 0 Å². The molecule has 1 amide bonds. The molecule has 1 aliphatic heterocycles. The summed E-state index contributed by atoms with van der Waals surface area (Å²) in [5.74, 6) is 0.145. The molecule has 2 atom stereocenters. The quantitative estimate of drug-likeness (QED) is 0.798. The third-order valence-corrected chi connectivity index (χ3v) is 5.17. The number of benzene rings is 1. The summed E-state index contributed by atoms with van der Waals surface area (Å²) >= 11 is 0. The van der Waals surface area contributed by atoms with Gasteiger partial charge in [-0.2, -0.15) is 0 Å². The highest BCUT2D eigenvalue weighted by atomic mass is 16.3. The maximum atomic E-state index is 12.9. The van der Waals surface area contributed by atoms with Gasteiger partial charge in [-0.3, -0.25) is 4.79 Å². The smallest absolute Gasteiger partial charge is 0.236 e. The van der Waals surface area contributed by atoms with E-state index in [0.29, 0.717) is 6.42 Å². The zero-order valence-corrected chi connectivity index (χ0v) is 12.3. The van der Waals surface area contributed by atoms with Gasteiger partial charge in [0.15, 0.2) is 0 Å². The highest BCUT2D eigenvalue weighted by molar-refractivity contribution is 6.01. The molecule has 0 aromatic heterocycles. The second-order valence-electron chi connectivity index (χ2n) is 6.23. The second kappa shape index (κ2) is 4.45. The van der Waals surface area contributed by atoms with Crippen LogP contribution < -0.4 is 4.90 Å². The van der Waals surface area contributed by atoms with Crippen molar-refractivity contribution in [2.24, 2.45) is 5.41 Å². The number of amides is 1. The van der Waals surface area contributed by atoms with Crippen molar-refractivity contribution in [1.82, 2.24) is 0 Å². The Morgan fingerprint density at radius 2 is 2.00 bits per heavy atom. The Kier molecular flexibility index (Phi) is 2.98. The van der Waals surface area contributed by atoms with Gasteiger partial charge < -0.3 is 10.0 Å². The summed E-state index contributed by atoms with van der Waals surface area (Å²) in [6.45, 7) is 4.14. The fourth-order valence-electron chi connectivity index (χ4n) is 3.82. The van der Waals surface area contributed by atoms with E-state index in [4.69, 9.17) is 0 Å². The van der Waals surface area contributed by atoms with E-state index in [1.165, 1.54) is 16.7 Å². The molecule has 0 saturated heterocycles. The molecule has 0 spiro atoms. The molecular formula is C17H21NO2. The molecule has 1 aliphatic carbocycles. The first-order valence-electron chi connectivity index (χ1n) is 7.14. The number of anilines is 1. The topological polar surface area (TPSA) is 40.5 Å². The van der Waals surface area contributed by atoms with E-state index >= 15 is 0 Å². The number of rotatable bonds is 1. The zero-order chi connectivity index (χ0) is 14.5. The fourth-order valence-corrected chi connectivity index (χ4v) is 3.82. The SMILES string of the molecule is CC1=C(C)C[C@]2(CO)C(=O)N(C)c3ccccc3[C@@H]2C1. The summed E-state index contributed by atoms with van der Waals surface area (Å²) in [5, 5.41) is 10.0. The molecule has 2 aliphatic rings. The highest BCUT2D eigenvalue weighted by Gasteiger charge is 2.53. The van der Waals surface area contributed by atoms with E-state index in [9.17, 15) is 9.90 Å². The van der Waals surface area contributed by atoms with Gasteiger partial charge in [0.2, 0.25) is 5.91 Å². The largest absolute Gasteiger partial charge is 0.395 e. The van der Waals surface area contributed by atoms with Gasteiger partial charge in [-0.1, -0.05) is 29.3 Å². The molecule has 1 aromatic rings. The molecule has 3 heteroatoms. The molecular weight excluding hydrogens is 250 g/mol. The normalized spacial score (nSPS) is 29.3. The summed E-state index contributed by atoms with van der Waals surface area (Å²) in [4.78, 5) is 14.6. The van der Waals surface area contributed by atoms with Gasteiger partial charge in [0.25, 0.3) is 0 Å². The Morgan fingerprint density at radius 1 is 1.30 bits per heavy atom. The minimum absolute atomic E-state index is 0.0514. The van der Waals surface area contributed by atoms with Gasteiger partial charge in [-0.05, 0) is 38.3 Å². The van der Waals surface area contributed by atoms with E-state index in [-0.39, 0.29) is 18.4 Å². The maximum Gasteiger partial charge on any atom is 0.236 e. The van der Waals surface area contributed by atoms with Crippen molar-refractivity contribution in [3.8, 4) is 0 Å². The third kappa shape index (κ3) is 1.59. The van der Waals surface area contributed by atoms with Crippen molar-refractivity contribution < 1.29 is 9.90 Å². The van der Waals surface area contributed by atoms with Crippen molar-refractivity contribution in [1.29, 1.82) is 0 Å². The van der Waals surface area contributed by atoms with Crippen LogP contribution in [0.3, 0.4) is 0 Å². The average molecular weight is 271 g/mol. The fraction of sp³-hybridized carbons (Fsp3) is 0.471. The lowest BCUT2D eigenvalue weighted by Crippen LogP contribution is -2.53. The lowest BCUT2D eigenvalue weighted by atomic mass is 9.60. The van der Waals surface area contributed by atoms with Crippen LogP contribution in [0.25, 0.3) is 0 Å². The maximum absolute atomic E-state index is 12.9. The molecule has 20 heavy (non-hydrogen) atoms. The first kappa shape index (κ1) is 13.4.